The van der Waals surface area contributed by atoms with E-state index in [1.165, 1.54) is 9.80 Å². The van der Waals surface area contributed by atoms with Gasteiger partial charge in [-0.15, -0.1) is 0 Å². The van der Waals surface area contributed by atoms with Crippen LogP contribution in [0, 0.1) is 0 Å². The highest BCUT2D eigenvalue weighted by molar-refractivity contribution is 5.99. The summed E-state index contributed by atoms with van der Waals surface area (Å²) in [5.74, 6) is -5.10. The molecule has 17 nitrogen and oxygen atoms in total. The van der Waals surface area contributed by atoms with Gasteiger partial charge in [0.15, 0.2) is 0 Å². The van der Waals surface area contributed by atoms with E-state index in [1.54, 1.807) is 12.1 Å². The summed E-state index contributed by atoms with van der Waals surface area (Å²) < 4.78 is 0. The zero-order valence-corrected chi connectivity index (χ0v) is 36.6. The molecular weight excluding hydrogens is 831 g/mol. The van der Waals surface area contributed by atoms with E-state index in [-0.39, 0.29) is 58.0 Å². The van der Waals surface area contributed by atoms with Crippen molar-refractivity contribution in [1.29, 1.82) is 0 Å². The summed E-state index contributed by atoms with van der Waals surface area (Å²) >= 11 is 0. The Balaban J connectivity index is 1.41. The Labute approximate surface area is 379 Å². The number of amides is 8. The van der Waals surface area contributed by atoms with Gasteiger partial charge in [-0.1, -0.05) is 91.0 Å². The molecule has 7 atom stereocenters. The van der Waals surface area contributed by atoms with Crippen LogP contribution in [0.4, 0.5) is 0 Å². The van der Waals surface area contributed by atoms with Crippen LogP contribution in [0.15, 0.2) is 91.0 Å². The summed E-state index contributed by atoms with van der Waals surface area (Å²) in [5, 5.41) is 14.2. The first-order valence-electron chi connectivity index (χ1n) is 22.6. The van der Waals surface area contributed by atoms with E-state index in [0.717, 1.165) is 16.7 Å². The number of primary amides is 1. The smallest absolute Gasteiger partial charge is 0.246 e. The Kier molecular flexibility index (Phi) is 17.2. The highest BCUT2D eigenvalue weighted by atomic mass is 16.2. The third kappa shape index (κ3) is 13.2. The molecule has 0 bridgehead atoms. The third-order valence-electron chi connectivity index (χ3n) is 12.3. The SMILES string of the molecule is NCCCC[C@@H]1NC(=O)[C@H](CCC(N)=O)NC(=O)[C@H]2CCCN2C(=O)[C@H](Cc2ccccc2)NC(=O)[C@@H](Cc2ccccc2)NC(=O)[C@H]2CCCN2C(=O)[C@@H](Cc2ccccc2)NC1=O. The van der Waals surface area contributed by atoms with Crippen molar-refractivity contribution in [2.24, 2.45) is 11.5 Å². The first-order chi connectivity index (χ1) is 31.4. The van der Waals surface area contributed by atoms with Gasteiger partial charge < -0.3 is 47.9 Å². The number of hydrogen-bond donors (Lipinski definition) is 7. The monoisotopic (exact) mass is 891 g/mol. The summed E-state index contributed by atoms with van der Waals surface area (Å²) in [6.45, 7) is 0.707. The fourth-order valence-electron chi connectivity index (χ4n) is 8.84. The lowest BCUT2D eigenvalue weighted by molar-refractivity contribution is -0.143. The minimum Gasteiger partial charge on any atom is -0.370 e. The fourth-order valence-corrected chi connectivity index (χ4v) is 8.84. The zero-order chi connectivity index (χ0) is 46.3. The number of nitrogens with one attached hydrogen (secondary N) is 5. The predicted octanol–water partition coefficient (Wildman–Crippen LogP) is 0.529. The van der Waals surface area contributed by atoms with Crippen LogP contribution < -0.4 is 38.1 Å². The average Bonchev–Trinajstić information content (AvgIpc) is 4.01. The Hall–Kier alpha value is -6.62. The fraction of sp³-hybridized carbons (Fsp3) is 0.458. The van der Waals surface area contributed by atoms with Crippen molar-refractivity contribution in [1.82, 2.24) is 36.4 Å². The summed E-state index contributed by atoms with van der Waals surface area (Å²) in [6.07, 6.45) is 2.26. The van der Waals surface area contributed by atoms with E-state index in [0.29, 0.717) is 38.6 Å². The van der Waals surface area contributed by atoms with Crippen molar-refractivity contribution < 1.29 is 38.4 Å². The molecule has 0 spiro atoms. The largest absolute Gasteiger partial charge is 0.370 e. The standard InChI is InChI=1S/C48H61N9O8/c49-25-11-10-20-34-42(59)54-37(29-32-16-6-2-7-17-32)47(64)57-27-13-22-40(57)46(63)53-36(28-31-14-4-1-5-15-31)44(61)55-38(30-33-18-8-3-9-19-33)48(65)56-26-12-21-39(56)45(62)52-35(43(60)51-34)23-24-41(50)58/h1-9,14-19,34-40H,10-13,20-30,49H2,(H2,50,58)(H,51,60)(H,52,62)(H,53,63)(H,54,59)(H,55,61)/t34-,35-,36+,37+,38-,39+,40+/m0/s1. The second-order valence-corrected chi connectivity index (χ2v) is 17.0. The van der Waals surface area contributed by atoms with E-state index in [1.807, 2.05) is 78.9 Å². The molecule has 3 aromatic carbocycles. The summed E-state index contributed by atoms with van der Waals surface area (Å²) in [5.41, 5.74) is 13.5. The van der Waals surface area contributed by atoms with Crippen LogP contribution in [0.3, 0.4) is 0 Å². The summed E-state index contributed by atoms with van der Waals surface area (Å²) in [4.78, 5) is 116. The van der Waals surface area contributed by atoms with Crippen LogP contribution in [-0.4, -0.2) is 119 Å². The predicted molar refractivity (Wildman–Crippen MR) is 241 cm³/mol. The molecule has 346 valence electrons. The van der Waals surface area contributed by atoms with Crippen LogP contribution in [-0.2, 0) is 57.6 Å². The van der Waals surface area contributed by atoms with E-state index >= 15 is 0 Å². The lowest BCUT2D eigenvalue weighted by atomic mass is 10.0. The van der Waals surface area contributed by atoms with Gasteiger partial charge in [0.05, 0.1) is 0 Å². The molecule has 17 heteroatoms. The molecule has 3 heterocycles. The second-order valence-electron chi connectivity index (χ2n) is 17.0. The van der Waals surface area contributed by atoms with Gasteiger partial charge >= 0.3 is 0 Å². The van der Waals surface area contributed by atoms with Gasteiger partial charge in [0.2, 0.25) is 47.3 Å². The van der Waals surface area contributed by atoms with E-state index < -0.39 is 89.6 Å². The highest BCUT2D eigenvalue weighted by Crippen LogP contribution is 2.23. The number of unbranched alkanes of at least 4 members (excludes halogenated alkanes) is 1. The van der Waals surface area contributed by atoms with Crippen molar-refractivity contribution in [3.8, 4) is 0 Å². The lowest BCUT2D eigenvalue weighted by Crippen LogP contribution is -2.60. The number of nitrogens with two attached hydrogens (primary N) is 2. The van der Waals surface area contributed by atoms with Crippen molar-refractivity contribution in [2.45, 2.75) is 119 Å². The normalized spacial score (nSPS) is 25.0. The summed E-state index contributed by atoms with van der Waals surface area (Å²) in [6, 6.07) is 19.1. The molecule has 0 unspecified atom stereocenters. The van der Waals surface area contributed by atoms with Gasteiger partial charge in [-0.05, 0) is 74.6 Å². The maximum absolute atomic E-state index is 14.7. The van der Waals surface area contributed by atoms with Crippen LogP contribution in [0.2, 0.25) is 0 Å². The lowest BCUT2D eigenvalue weighted by Gasteiger charge is -2.31. The van der Waals surface area contributed by atoms with Gasteiger partial charge in [0.25, 0.3) is 0 Å². The third-order valence-corrected chi connectivity index (χ3v) is 12.3. The molecule has 8 amide bonds. The van der Waals surface area contributed by atoms with Gasteiger partial charge in [-0.25, -0.2) is 0 Å². The molecule has 0 aliphatic carbocycles. The van der Waals surface area contributed by atoms with Gasteiger partial charge in [-0.2, -0.15) is 0 Å². The minimum atomic E-state index is -1.34. The topological polar surface area (TPSA) is 255 Å². The molecule has 3 aliphatic heterocycles. The van der Waals surface area contributed by atoms with Crippen molar-refractivity contribution >= 4 is 47.3 Å². The van der Waals surface area contributed by atoms with Crippen molar-refractivity contribution in [2.75, 3.05) is 19.6 Å². The first-order valence-corrected chi connectivity index (χ1v) is 22.6. The quantitative estimate of drug-likeness (QED) is 0.118. The molecule has 0 radical (unpaired) electrons. The number of benzene rings is 3. The maximum Gasteiger partial charge on any atom is 0.246 e. The number of hydrogen-bond acceptors (Lipinski definition) is 9. The van der Waals surface area contributed by atoms with E-state index in [2.05, 4.69) is 26.6 Å². The van der Waals surface area contributed by atoms with Crippen LogP contribution >= 0.6 is 0 Å². The van der Waals surface area contributed by atoms with E-state index in [4.69, 9.17) is 11.5 Å². The van der Waals surface area contributed by atoms with Crippen LogP contribution in [0.25, 0.3) is 0 Å². The highest BCUT2D eigenvalue weighted by Gasteiger charge is 2.42. The second kappa shape index (κ2) is 23.4. The van der Waals surface area contributed by atoms with Gasteiger partial charge in [0.1, 0.15) is 42.3 Å². The Bertz CT molecular complexity index is 2140. The molecule has 3 saturated heterocycles. The number of carbonyl (C=O) groups is 8. The maximum atomic E-state index is 14.7. The molecule has 0 saturated carbocycles. The molecule has 0 aromatic heterocycles. The molecular formula is C48H61N9O8. The summed E-state index contributed by atoms with van der Waals surface area (Å²) in [7, 11) is 0. The number of nitrogens with zero attached hydrogens (tertiary/aromatic N) is 2. The zero-order valence-electron chi connectivity index (χ0n) is 36.6. The Morgan fingerprint density at radius 2 is 0.862 bits per heavy atom. The molecule has 9 N–H and O–H groups in total. The number of rotatable bonds is 13. The average molecular weight is 892 g/mol. The molecule has 6 rings (SSSR count). The van der Waals surface area contributed by atoms with Gasteiger partial charge in [-0.3, -0.25) is 38.4 Å². The van der Waals surface area contributed by atoms with Crippen molar-refractivity contribution in [3.05, 3.63) is 108 Å². The number of fused-ring (bicyclic) bond motifs is 2. The Morgan fingerprint density at radius 1 is 0.492 bits per heavy atom. The molecule has 65 heavy (non-hydrogen) atoms. The molecule has 3 fully saturated rings. The van der Waals surface area contributed by atoms with E-state index in [9.17, 15) is 38.4 Å². The molecule has 3 aliphatic rings. The van der Waals surface area contributed by atoms with Crippen molar-refractivity contribution in [3.63, 3.8) is 0 Å². The first kappa shape index (κ1) is 47.8. The Morgan fingerprint density at radius 3 is 1.29 bits per heavy atom. The van der Waals surface area contributed by atoms with Crippen LogP contribution in [0.1, 0.15) is 74.5 Å². The van der Waals surface area contributed by atoms with Crippen LogP contribution in [0.5, 0.6) is 0 Å². The van der Waals surface area contributed by atoms with Gasteiger partial charge in [0, 0.05) is 38.8 Å². The number of carbonyl (C=O) groups excluding carboxylic acids is 8. The molecule has 3 aromatic rings. The minimum absolute atomic E-state index is 0.0603.